The Balaban J connectivity index is 1.63. The van der Waals surface area contributed by atoms with Crippen molar-refractivity contribution in [1.82, 2.24) is 4.72 Å². The largest absolute Gasteiger partial charge is 0.462 e. The van der Waals surface area contributed by atoms with E-state index in [0.717, 1.165) is 18.4 Å². The number of esters is 1. The summed E-state index contributed by atoms with van der Waals surface area (Å²) in [5.41, 5.74) is 1.93. The van der Waals surface area contributed by atoms with E-state index >= 15 is 0 Å². The number of nitrogens with one attached hydrogen (secondary N) is 2. The number of carbonyl (C=O) groups excluding carboxylic acids is 2. The van der Waals surface area contributed by atoms with Gasteiger partial charge < -0.3 is 10.1 Å². The molecule has 0 atom stereocenters. The molecule has 7 nitrogen and oxygen atoms in total. The molecular formula is C23H22N2O5S2. The molecule has 0 bridgehead atoms. The fourth-order valence-electron chi connectivity index (χ4n) is 3.15. The number of thiophene rings is 1. The molecule has 4 rings (SSSR count). The maximum Gasteiger partial charge on any atom is 0.341 e. The zero-order valence-corrected chi connectivity index (χ0v) is 19.0. The Morgan fingerprint density at radius 1 is 1.09 bits per heavy atom. The van der Waals surface area contributed by atoms with Gasteiger partial charge in [0.05, 0.1) is 11.5 Å². The van der Waals surface area contributed by atoms with Crippen molar-refractivity contribution in [3.05, 3.63) is 71.1 Å². The number of sulfonamides is 1. The highest BCUT2D eigenvalue weighted by Gasteiger charge is 2.28. The maximum absolute atomic E-state index is 12.9. The van der Waals surface area contributed by atoms with Crippen LogP contribution in [0.1, 0.15) is 40.5 Å². The number of carbonyl (C=O) groups is 2. The van der Waals surface area contributed by atoms with Crippen LogP contribution in [0.2, 0.25) is 0 Å². The molecule has 0 aliphatic heterocycles. The fourth-order valence-corrected chi connectivity index (χ4v) is 5.46. The summed E-state index contributed by atoms with van der Waals surface area (Å²) in [7, 11) is -3.69. The molecule has 1 amide bonds. The second-order valence-electron chi connectivity index (χ2n) is 7.32. The number of anilines is 1. The molecule has 2 aromatic carbocycles. The van der Waals surface area contributed by atoms with E-state index in [0.29, 0.717) is 10.6 Å². The SMILES string of the molecule is CCOC(=O)c1c(-c2ccccc2)csc1NC(=O)c1cccc(S(=O)(=O)NC2CC2)c1. The van der Waals surface area contributed by atoms with E-state index in [9.17, 15) is 18.0 Å². The topological polar surface area (TPSA) is 102 Å². The third-order valence-electron chi connectivity index (χ3n) is 4.89. The third kappa shape index (κ3) is 4.90. The minimum atomic E-state index is -3.69. The van der Waals surface area contributed by atoms with E-state index < -0.39 is 21.9 Å². The molecule has 0 saturated heterocycles. The first-order chi connectivity index (χ1) is 15.4. The van der Waals surface area contributed by atoms with E-state index in [1.807, 2.05) is 30.3 Å². The van der Waals surface area contributed by atoms with Crippen molar-refractivity contribution in [1.29, 1.82) is 0 Å². The molecule has 1 aliphatic rings. The fraction of sp³-hybridized carbons (Fsp3) is 0.217. The van der Waals surface area contributed by atoms with Gasteiger partial charge in [-0.25, -0.2) is 17.9 Å². The van der Waals surface area contributed by atoms with Crippen molar-refractivity contribution in [2.45, 2.75) is 30.7 Å². The number of benzene rings is 2. The average Bonchev–Trinajstić information content (AvgIpc) is 3.49. The highest BCUT2D eigenvalue weighted by Crippen LogP contribution is 2.36. The number of amides is 1. The van der Waals surface area contributed by atoms with Crippen molar-refractivity contribution in [2.75, 3.05) is 11.9 Å². The van der Waals surface area contributed by atoms with Crippen LogP contribution >= 0.6 is 11.3 Å². The van der Waals surface area contributed by atoms with Crippen LogP contribution in [-0.4, -0.2) is 32.9 Å². The Morgan fingerprint density at radius 3 is 2.53 bits per heavy atom. The summed E-state index contributed by atoms with van der Waals surface area (Å²) in [5, 5.41) is 4.89. The van der Waals surface area contributed by atoms with Gasteiger partial charge in [0.2, 0.25) is 10.0 Å². The molecule has 0 unspecified atom stereocenters. The van der Waals surface area contributed by atoms with Gasteiger partial charge in [-0.05, 0) is 43.5 Å². The monoisotopic (exact) mass is 470 g/mol. The van der Waals surface area contributed by atoms with Crippen LogP contribution in [0.4, 0.5) is 5.00 Å². The Hall–Kier alpha value is -3.01. The molecule has 32 heavy (non-hydrogen) atoms. The summed E-state index contributed by atoms with van der Waals surface area (Å²) in [4.78, 5) is 25.6. The predicted octanol–water partition coefficient (Wildman–Crippen LogP) is 4.28. The van der Waals surface area contributed by atoms with E-state index in [1.165, 1.54) is 35.6 Å². The van der Waals surface area contributed by atoms with Crippen molar-refractivity contribution in [3.8, 4) is 11.1 Å². The first-order valence-corrected chi connectivity index (χ1v) is 12.5. The van der Waals surface area contributed by atoms with Crippen LogP contribution < -0.4 is 10.0 Å². The van der Waals surface area contributed by atoms with Crippen LogP contribution in [0.3, 0.4) is 0 Å². The third-order valence-corrected chi connectivity index (χ3v) is 7.30. The lowest BCUT2D eigenvalue weighted by atomic mass is 10.0. The normalized spacial score (nSPS) is 13.5. The summed E-state index contributed by atoms with van der Waals surface area (Å²) in [6.45, 7) is 1.91. The molecule has 1 heterocycles. The van der Waals surface area contributed by atoms with Crippen LogP contribution in [0.5, 0.6) is 0 Å². The van der Waals surface area contributed by atoms with Crippen LogP contribution in [0.15, 0.2) is 64.9 Å². The minimum Gasteiger partial charge on any atom is -0.462 e. The quantitative estimate of drug-likeness (QED) is 0.479. The summed E-state index contributed by atoms with van der Waals surface area (Å²) in [6.07, 6.45) is 1.64. The van der Waals surface area contributed by atoms with Crippen molar-refractivity contribution in [3.63, 3.8) is 0 Å². The first-order valence-electron chi connectivity index (χ1n) is 10.2. The highest BCUT2D eigenvalue weighted by molar-refractivity contribution is 7.89. The first kappa shape index (κ1) is 22.2. The summed E-state index contributed by atoms with van der Waals surface area (Å²) in [6, 6.07) is 15.1. The number of hydrogen-bond donors (Lipinski definition) is 2. The number of rotatable bonds is 8. The molecule has 0 radical (unpaired) electrons. The second-order valence-corrected chi connectivity index (χ2v) is 9.91. The summed E-state index contributed by atoms with van der Waals surface area (Å²) in [5.74, 6) is -1.05. The highest BCUT2D eigenvalue weighted by atomic mass is 32.2. The average molecular weight is 471 g/mol. The number of ether oxygens (including phenoxy) is 1. The van der Waals surface area contributed by atoms with Gasteiger partial charge in [-0.1, -0.05) is 36.4 Å². The molecule has 1 aliphatic carbocycles. The Morgan fingerprint density at radius 2 is 1.84 bits per heavy atom. The molecule has 1 fully saturated rings. The molecule has 3 aromatic rings. The maximum atomic E-state index is 12.9. The van der Waals surface area contributed by atoms with Gasteiger partial charge in [-0.2, -0.15) is 0 Å². The van der Waals surface area contributed by atoms with Crippen LogP contribution in [0.25, 0.3) is 11.1 Å². The van der Waals surface area contributed by atoms with Crippen molar-refractivity contribution < 1.29 is 22.7 Å². The Kier molecular flexibility index (Phi) is 6.40. The molecule has 0 spiro atoms. The Labute approximate surface area is 190 Å². The molecule has 1 saturated carbocycles. The van der Waals surface area contributed by atoms with Gasteiger partial charge in [0.15, 0.2) is 0 Å². The van der Waals surface area contributed by atoms with Gasteiger partial charge in [0.1, 0.15) is 10.6 Å². The van der Waals surface area contributed by atoms with E-state index in [1.54, 1.807) is 12.3 Å². The lowest BCUT2D eigenvalue weighted by molar-refractivity contribution is 0.0529. The smallest absolute Gasteiger partial charge is 0.341 e. The van der Waals surface area contributed by atoms with Gasteiger partial charge in [-0.15, -0.1) is 11.3 Å². The molecule has 166 valence electrons. The van der Waals surface area contributed by atoms with E-state index in [2.05, 4.69) is 10.0 Å². The van der Waals surface area contributed by atoms with Crippen molar-refractivity contribution >= 4 is 38.2 Å². The molecular weight excluding hydrogens is 448 g/mol. The predicted molar refractivity (Wildman–Crippen MR) is 123 cm³/mol. The zero-order valence-electron chi connectivity index (χ0n) is 17.3. The molecule has 2 N–H and O–H groups in total. The van der Waals surface area contributed by atoms with Gasteiger partial charge in [0, 0.05) is 22.5 Å². The summed E-state index contributed by atoms with van der Waals surface area (Å²) >= 11 is 1.21. The van der Waals surface area contributed by atoms with Crippen LogP contribution in [-0.2, 0) is 14.8 Å². The van der Waals surface area contributed by atoms with E-state index in [-0.39, 0.29) is 28.7 Å². The zero-order chi connectivity index (χ0) is 22.7. The lowest BCUT2D eigenvalue weighted by Crippen LogP contribution is -2.26. The number of hydrogen-bond acceptors (Lipinski definition) is 6. The lowest BCUT2D eigenvalue weighted by Gasteiger charge is -2.10. The van der Waals surface area contributed by atoms with E-state index in [4.69, 9.17) is 4.74 Å². The van der Waals surface area contributed by atoms with Gasteiger partial charge in [-0.3, -0.25) is 4.79 Å². The van der Waals surface area contributed by atoms with Gasteiger partial charge in [0.25, 0.3) is 5.91 Å². The summed E-state index contributed by atoms with van der Waals surface area (Å²) < 4.78 is 32.8. The minimum absolute atomic E-state index is 0.0267. The van der Waals surface area contributed by atoms with Crippen LogP contribution in [0, 0.1) is 0 Å². The second kappa shape index (κ2) is 9.23. The molecule has 1 aromatic heterocycles. The Bertz CT molecular complexity index is 1250. The van der Waals surface area contributed by atoms with Gasteiger partial charge >= 0.3 is 5.97 Å². The van der Waals surface area contributed by atoms with Crippen molar-refractivity contribution in [2.24, 2.45) is 0 Å². The standard InChI is InChI=1S/C23H22N2O5S2/c1-2-30-23(27)20-19(15-7-4-3-5-8-15)14-31-22(20)24-21(26)16-9-6-10-18(13-16)32(28,29)25-17-11-12-17/h3-10,13-14,17,25H,2,11-12H2,1H3,(H,24,26). The molecule has 9 heteroatoms.